The Labute approximate surface area is 112 Å². The van der Waals surface area contributed by atoms with Crippen molar-refractivity contribution in [2.24, 2.45) is 5.92 Å². The van der Waals surface area contributed by atoms with E-state index in [0.29, 0.717) is 17.7 Å². The van der Waals surface area contributed by atoms with Gasteiger partial charge in [0.2, 0.25) is 0 Å². The molecule has 0 spiro atoms. The molecule has 0 radical (unpaired) electrons. The van der Waals surface area contributed by atoms with E-state index in [0.717, 1.165) is 18.0 Å². The molecule has 4 nitrogen and oxygen atoms in total. The summed E-state index contributed by atoms with van der Waals surface area (Å²) in [5, 5.41) is 11.7. The first kappa shape index (κ1) is 13.5. The van der Waals surface area contributed by atoms with E-state index in [9.17, 15) is 4.79 Å². The third-order valence-corrected chi connectivity index (χ3v) is 4.36. The predicted octanol–water partition coefficient (Wildman–Crippen LogP) is 2.04. The van der Waals surface area contributed by atoms with Crippen LogP contribution in [0, 0.1) is 5.92 Å². The van der Waals surface area contributed by atoms with Crippen LogP contribution in [0.5, 0.6) is 0 Å². The van der Waals surface area contributed by atoms with Crippen molar-refractivity contribution in [3.8, 4) is 0 Å². The summed E-state index contributed by atoms with van der Waals surface area (Å²) in [6, 6.07) is 0.619. The zero-order chi connectivity index (χ0) is 13.1. The second kappa shape index (κ2) is 5.80. The van der Waals surface area contributed by atoms with Crippen LogP contribution in [0.3, 0.4) is 0 Å². The maximum absolute atomic E-state index is 10.6. The molecule has 5 heteroatoms. The summed E-state index contributed by atoms with van der Waals surface area (Å²) in [6.07, 6.45) is 2.26. The highest BCUT2D eigenvalue weighted by molar-refractivity contribution is 7.09. The van der Waals surface area contributed by atoms with Gasteiger partial charge in [-0.1, -0.05) is 0 Å². The Morgan fingerprint density at radius 3 is 3.06 bits per heavy atom. The van der Waals surface area contributed by atoms with Crippen LogP contribution in [0.2, 0.25) is 0 Å². The zero-order valence-corrected chi connectivity index (χ0v) is 11.7. The summed E-state index contributed by atoms with van der Waals surface area (Å²) in [4.78, 5) is 17.5. The van der Waals surface area contributed by atoms with Gasteiger partial charge in [0.15, 0.2) is 0 Å². The fourth-order valence-electron chi connectivity index (χ4n) is 2.42. The van der Waals surface area contributed by atoms with Crippen LogP contribution in [0.1, 0.15) is 31.0 Å². The fourth-order valence-corrected chi connectivity index (χ4v) is 3.33. The molecule has 1 fully saturated rings. The fraction of sp³-hybridized carbons (Fsp3) is 0.692. The van der Waals surface area contributed by atoms with Crippen LogP contribution in [0.15, 0.2) is 5.38 Å². The van der Waals surface area contributed by atoms with Gasteiger partial charge in [-0.2, -0.15) is 0 Å². The molecule has 100 valence electrons. The number of likely N-dealkylation sites (tertiary alicyclic amines) is 1. The molecule has 1 aliphatic heterocycles. The summed E-state index contributed by atoms with van der Waals surface area (Å²) in [7, 11) is 0. The summed E-state index contributed by atoms with van der Waals surface area (Å²) in [6.45, 7) is 6.79. The van der Waals surface area contributed by atoms with Gasteiger partial charge >= 0.3 is 5.97 Å². The van der Waals surface area contributed by atoms with E-state index in [1.165, 1.54) is 13.0 Å². The molecule has 1 unspecified atom stereocenters. The maximum atomic E-state index is 10.6. The molecule has 1 aromatic rings. The monoisotopic (exact) mass is 268 g/mol. The van der Waals surface area contributed by atoms with Crippen molar-refractivity contribution in [3.05, 3.63) is 16.1 Å². The van der Waals surface area contributed by atoms with Gasteiger partial charge in [0.05, 0.1) is 17.1 Å². The lowest BCUT2D eigenvalue weighted by Crippen LogP contribution is -2.28. The van der Waals surface area contributed by atoms with Gasteiger partial charge in [0.25, 0.3) is 0 Å². The molecular formula is C13H20N2O2S. The van der Waals surface area contributed by atoms with Crippen molar-refractivity contribution in [3.63, 3.8) is 0 Å². The highest BCUT2D eigenvalue weighted by Gasteiger charge is 2.25. The van der Waals surface area contributed by atoms with Crippen LogP contribution < -0.4 is 0 Å². The van der Waals surface area contributed by atoms with E-state index in [1.54, 1.807) is 11.3 Å². The van der Waals surface area contributed by atoms with E-state index in [-0.39, 0.29) is 6.42 Å². The van der Waals surface area contributed by atoms with Gasteiger partial charge < -0.3 is 10.0 Å². The molecule has 0 saturated carbocycles. The number of carboxylic acids is 1. The molecule has 1 saturated heterocycles. The number of nitrogens with zero attached hydrogens (tertiary/aromatic N) is 2. The van der Waals surface area contributed by atoms with Crippen LogP contribution in [-0.4, -0.2) is 40.1 Å². The zero-order valence-electron chi connectivity index (χ0n) is 10.9. The average molecular weight is 268 g/mol. The summed E-state index contributed by atoms with van der Waals surface area (Å²) < 4.78 is 0. The van der Waals surface area contributed by atoms with Gasteiger partial charge in [-0.3, -0.25) is 4.79 Å². The Bertz CT molecular complexity index is 417. The third-order valence-electron chi connectivity index (χ3n) is 3.44. The second-order valence-electron chi connectivity index (χ2n) is 5.25. The van der Waals surface area contributed by atoms with Crippen LogP contribution >= 0.6 is 11.3 Å². The number of hydrogen-bond acceptors (Lipinski definition) is 4. The first-order chi connectivity index (χ1) is 8.54. The SMILES string of the molecule is CC(C)N1CCC(Cc2nc(CC(=O)O)cs2)C1. The van der Waals surface area contributed by atoms with E-state index in [2.05, 4.69) is 23.7 Å². The molecule has 18 heavy (non-hydrogen) atoms. The van der Waals surface area contributed by atoms with Gasteiger partial charge in [0.1, 0.15) is 0 Å². The van der Waals surface area contributed by atoms with E-state index < -0.39 is 5.97 Å². The van der Waals surface area contributed by atoms with Gasteiger partial charge in [-0.05, 0) is 32.7 Å². The van der Waals surface area contributed by atoms with Crippen molar-refractivity contribution in [1.29, 1.82) is 0 Å². The number of carboxylic acid groups (broad SMARTS) is 1. The lowest BCUT2D eigenvalue weighted by molar-refractivity contribution is -0.136. The molecule has 1 atom stereocenters. The Hall–Kier alpha value is -0.940. The van der Waals surface area contributed by atoms with E-state index in [4.69, 9.17) is 5.11 Å². The van der Waals surface area contributed by atoms with Crippen LogP contribution in [-0.2, 0) is 17.6 Å². The molecule has 0 aliphatic carbocycles. The number of aromatic nitrogens is 1. The Morgan fingerprint density at radius 2 is 2.44 bits per heavy atom. The molecule has 0 bridgehead atoms. The summed E-state index contributed by atoms with van der Waals surface area (Å²) >= 11 is 1.60. The quantitative estimate of drug-likeness (QED) is 0.888. The summed E-state index contributed by atoms with van der Waals surface area (Å²) in [5.41, 5.74) is 0.696. The minimum absolute atomic E-state index is 0.0410. The molecule has 2 rings (SSSR count). The third kappa shape index (κ3) is 3.53. The van der Waals surface area contributed by atoms with Gasteiger partial charge in [-0.25, -0.2) is 4.98 Å². The predicted molar refractivity (Wildman–Crippen MR) is 72.0 cm³/mol. The lowest BCUT2D eigenvalue weighted by atomic mass is 10.1. The van der Waals surface area contributed by atoms with Crippen molar-refractivity contribution < 1.29 is 9.90 Å². The molecule has 1 aliphatic rings. The summed E-state index contributed by atoms with van der Waals surface area (Å²) in [5.74, 6) is -0.130. The van der Waals surface area contributed by atoms with Crippen molar-refractivity contribution in [2.75, 3.05) is 13.1 Å². The average Bonchev–Trinajstić information content (AvgIpc) is 2.88. The Balaban J connectivity index is 1.87. The highest BCUT2D eigenvalue weighted by atomic mass is 32.1. The second-order valence-corrected chi connectivity index (χ2v) is 6.19. The smallest absolute Gasteiger partial charge is 0.309 e. The minimum atomic E-state index is -0.807. The van der Waals surface area contributed by atoms with Crippen LogP contribution in [0.25, 0.3) is 0 Å². The number of hydrogen-bond donors (Lipinski definition) is 1. The lowest BCUT2D eigenvalue weighted by Gasteiger charge is -2.19. The molecule has 1 aromatic heterocycles. The highest BCUT2D eigenvalue weighted by Crippen LogP contribution is 2.24. The van der Waals surface area contributed by atoms with E-state index >= 15 is 0 Å². The minimum Gasteiger partial charge on any atom is -0.481 e. The molecule has 2 heterocycles. The van der Waals surface area contributed by atoms with Gasteiger partial charge in [-0.15, -0.1) is 11.3 Å². The van der Waals surface area contributed by atoms with Gasteiger partial charge in [0, 0.05) is 24.4 Å². The van der Waals surface area contributed by atoms with E-state index in [1.807, 2.05) is 5.38 Å². The topological polar surface area (TPSA) is 53.4 Å². The Kier molecular flexibility index (Phi) is 4.35. The number of aliphatic carboxylic acids is 1. The first-order valence-electron chi connectivity index (χ1n) is 6.43. The van der Waals surface area contributed by atoms with Crippen molar-refractivity contribution in [1.82, 2.24) is 9.88 Å². The number of rotatable bonds is 5. The molecular weight excluding hydrogens is 248 g/mol. The molecule has 1 N–H and O–H groups in total. The first-order valence-corrected chi connectivity index (χ1v) is 7.31. The van der Waals surface area contributed by atoms with Crippen molar-refractivity contribution >= 4 is 17.3 Å². The number of carbonyl (C=O) groups is 1. The normalized spacial score (nSPS) is 20.7. The largest absolute Gasteiger partial charge is 0.481 e. The molecule has 0 aromatic carbocycles. The Morgan fingerprint density at radius 1 is 1.67 bits per heavy atom. The molecule has 0 amide bonds. The standard InChI is InChI=1S/C13H20N2O2S/c1-9(2)15-4-3-10(7-15)5-12-14-11(8-18-12)6-13(16)17/h8-10H,3-7H2,1-2H3,(H,16,17). The number of thiazole rings is 1. The van der Waals surface area contributed by atoms with Crippen molar-refractivity contribution in [2.45, 2.75) is 39.2 Å². The van der Waals surface area contributed by atoms with Crippen LogP contribution in [0.4, 0.5) is 0 Å². The maximum Gasteiger partial charge on any atom is 0.309 e.